The van der Waals surface area contributed by atoms with Crippen molar-refractivity contribution in [2.24, 2.45) is 0 Å². The van der Waals surface area contributed by atoms with Crippen LogP contribution in [-0.4, -0.2) is 55.8 Å². The van der Waals surface area contributed by atoms with Gasteiger partial charge in [0.2, 0.25) is 0 Å². The lowest BCUT2D eigenvalue weighted by Crippen LogP contribution is -2.47. The standard InChI is InChI=1S/C18H21N3O3S/c1-12-3-5-14(6-4-12)21-13(2)9-16(19-21)18(24)20-7-8-25-11-15(20)10-17(22)23/h3-6,9,15H,7-8,10-11H2,1-2H3,(H,22,23). The van der Waals surface area contributed by atoms with Crippen LogP contribution >= 0.6 is 11.8 Å². The predicted octanol–water partition coefficient (Wildman–Crippen LogP) is 2.52. The van der Waals surface area contributed by atoms with Crippen molar-refractivity contribution < 1.29 is 14.7 Å². The van der Waals surface area contributed by atoms with Gasteiger partial charge in [0, 0.05) is 23.7 Å². The summed E-state index contributed by atoms with van der Waals surface area (Å²) in [6, 6.07) is 9.42. The molecule has 1 aliphatic rings. The molecule has 0 saturated carbocycles. The number of hydrogen-bond acceptors (Lipinski definition) is 4. The molecule has 1 atom stereocenters. The highest BCUT2D eigenvalue weighted by molar-refractivity contribution is 7.99. The number of carboxylic acids is 1. The molecule has 1 aromatic heterocycles. The second-order valence-electron chi connectivity index (χ2n) is 6.24. The molecule has 1 unspecified atom stereocenters. The van der Waals surface area contributed by atoms with Crippen molar-refractivity contribution in [2.45, 2.75) is 26.3 Å². The van der Waals surface area contributed by atoms with Crippen LogP contribution in [0, 0.1) is 13.8 Å². The average Bonchev–Trinajstić information content (AvgIpc) is 2.97. The van der Waals surface area contributed by atoms with E-state index in [1.165, 1.54) is 0 Å². The van der Waals surface area contributed by atoms with Gasteiger partial charge in [-0.1, -0.05) is 17.7 Å². The lowest BCUT2D eigenvalue weighted by Gasteiger charge is -2.34. The van der Waals surface area contributed by atoms with Crippen LogP contribution in [0.25, 0.3) is 5.69 Å². The first-order chi connectivity index (χ1) is 12.0. The Balaban J connectivity index is 1.85. The fourth-order valence-corrected chi connectivity index (χ4v) is 4.03. The molecule has 1 aromatic carbocycles. The van der Waals surface area contributed by atoms with Crippen LogP contribution in [0.5, 0.6) is 0 Å². The first-order valence-corrected chi connectivity index (χ1v) is 9.35. The van der Waals surface area contributed by atoms with Gasteiger partial charge in [0.25, 0.3) is 5.91 Å². The summed E-state index contributed by atoms with van der Waals surface area (Å²) in [7, 11) is 0. The number of rotatable bonds is 4. The van der Waals surface area contributed by atoms with Gasteiger partial charge in [0.1, 0.15) is 0 Å². The zero-order valence-corrected chi connectivity index (χ0v) is 15.1. The SMILES string of the molecule is Cc1ccc(-n2nc(C(=O)N3CCSCC3CC(=O)O)cc2C)cc1. The number of aliphatic carboxylic acids is 1. The van der Waals surface area contributed by atoms with Crippen LogP contribution in [0.1, 0.15) is 28.2 Å². The van der Waals surface area contributed by atoms with Crippen LogP contribution < -0.4 is 0 Å². The van der Waals surface area contributed by atoms with E-state index in [0.29, 0.717) is 18.0 Å². The molecule has 1 fully saturated rings. The molecule has 1 saturated heterocycles. The monoisotopic (exact) mass is 359 g/mol. The number of aryl methyl sites for hydroxylation is 2. The summed E-state index contributed by atoms with van der Waals surface area (Å²) in [5, 5.41) is 13.6. The van der Waals surface area contributed by atoms with Gasteiger partial charge in [-0.3, -0.25) is 9.59 Å². The maximum absolute atomic E-state index is 12.9. The average molecular weight is 359 g/mol. The van der Waals surface area contributed by atoms with E-state index in [9.17, 15) is 9.59 Å². The number of carboxylic acid groups (broad SMARTS) is 1. The first-order valence-electron chi connectivity index (χ1n) is 8.20. The van der Waals surface area contributed by atoms with E-state index >= 15 is 0 Å². The number of carbonyl (C=O) groups excluding carboxylic acids is 1. The largest absolute Gasteiger partial charge is 0.481 e. The molecular formula is C18H21N3O3S. The van der Waals surface area contributed by atoms with Crippen molar-refractivity contribution in [2.75, 3.05) is 18.1 Å². The quantitative estimate of drug-likeness (QED) is 0.908. The summed E-state index contributed by atoms with van der Waals surface area (Å²) in [4.78, 5) is 25.6. The summed E-state index contributed by atoms with van der Waals surface area (Å²) in [5.74, 6) is 0.391. The van der Waals surface area contributed by atoms with E-state index in [-0.39, 0.29) is 18.4 Å². The highest BCUT2D eigenvalue weighted by Crippen LogP contribution is 2.22. The lowest BCUT2D eigenvalue weighted by molar-refractivity contribution is -0.138. The third kappa shape index (κ3) is 3.87. The van der Waals surface area contributed by atoms with Crippen molar-refractivity contribution in [1.29, 1.82) is 0 Å². The molecule has 6 nitrogen and oxygen atoms in total. The molecule has 7 heteroatoms. The Bertz CT molecular complexity index is 785. The maximum atomic E-state index is 12.9. The van der Waals surface area contributed by atoms with Crippen LogP contribution in [-0.2, 0) is 4.79 Å². The topological polar surface area (TPSA) is 75.4 Å². The summed E-state index contributed by atoms with van der Waals surface area (Å²) in [5.41, 5.74) is 3.29. The molecule has 1 aliphatic heterocycles. The first kappa shape index (κ1) is 17.5. The number of benzene rings is 1. The zero-order chi connectivity index (χ0) is 18.0. The maximum Gasteiger partial charge on any atom is 0.305 e. The molecule has 0 aliphatic carbocycles. The summed E-state index contributed by atoms with van der Waals surface area (Å²) >= 11 is 1.69. The minimum atomic E-state index is -0.883. The molecule has 0 spiro atoms. The second-order valence-corrected chi connectivity index (χ2v) is 7.39. The Morgan fingerprint density at radius 2 is 2.00 bits per heavy atom. The fourth-order valence-electron chi connectivity index (χ4n) is 2.97. The van der Waals surface area contributed by atoms with Gasteiger partial charge in [-0.2, -0.15) is 16.9 Å². The van der Waals surface area contributed by atoms with Gasteiger partial charge in [0.15, 0.2) is 5.69 Å². The molecule has 0 radical (unpaired) electrons. The van der Waals surface area contributed by atoms with Crippen LogP contribution in [0.15, 0.2) is 30.3 Å². The van der Waals surface area contributed by atoms with Crippen molar-refractivity contribution in [3.63, 3.8) is 0 Å². The number of nitrogens with zero attached hydrogens (tertiary/aromatic N) is 3. The van der Waals surface area contributed by atoms with E-state index in [4.69, 9.17) is 5.11 Å². The van der Waals surface area contributed by atoms with E-state index in [1.54, 1.807) is 27.4 Å². The van der Waals surface area contributed by atoms with Crippen molar-refractivity contribution >= 4 is 23.6 Å². The summed E-state index contributed by atoms with van der Waals surface area (Å²) in [6.07, 6.45) is -0.0314. The minimum Gasteiger partial charge on any atom is -0.481 e. The Morgan fingerprint density at radius 1 is 1.28 bits per heavy atom. The predicted molar refractivity (Wildman–Crippen MR) is 97.4 cm³/mol. The van der Waals surface area contributed by atoms with Gasteiger partial charge in [0.05, 0.1) is 18.2 Å². The molecule has 1 amide bonds. The van der Waals surface area contributed by atoms with E-state index in [2.05, 4.69) is 5.10 Å². The van der Waals surface area contributed by atoms with E-state index in [1.807, 2.05) is 38.1 Å². The van der Waals surface area contributed by atoms with E-state index in [0.717, 1.165) is 22.7 Å². The van der Waals surface area contributed by atoms with Gasteiger partial charge < -0.3 is 10.0 Å². The van der Waals surface area contributed by atoms with Crippen molar-refractivity contribution in [3.8, 4) is 5.69 Å². The molecule has 132 valence electrons. The Kier molecular flexibility index (Phi) is 5.13. The minimum absolute atomic E-state index is 0.0314. The second kappa shape index (κ2) is 7.31. The number of thioether (sulfide) groups is 1. The number of aromatic nitrogens is 2. The highest BCUT2D eigenvalue weighted by atomic mass is 32.2. The highest BCUT2D eigenvalue weighted by Gasteiger charge is 2.31. The molecule has 25 heavy (non-hydrogen) atoms. The van der Waals surface area contributed by atoms with Gasteiger partial charge in [-0.25, -0.2) is 4.68 Å². The number of amides is 1. The van der Waals surface area contributed by atoms with Crippen molar-refractivity contribution in [1.82, 2.24) is 14.7 Å². The van der Waals surface area contributed by atoms with Crippen LogP contribution in [0.4, 0.5) is 0 Å². The Morgan fingerprint density at radius 3 is 2.68 bits per heavy atom. The van der Waals surface area contributed by atoms with Crippen LogP contribution in [0.2, 0.25) is 0 Å². The molecule has 2 heterocycles. The molecule has 1 N–H and O–H groups in total. The van der Waals surface area contributed by atoms with E-state index < -0.39 is 5.97 Å². The molecule has 2 aromatic rings. The van der Waals surface area contributed by atoms with Gasteiger partial charge in [-0.05, 0) is 32.0 Å². The third-order valence-corrected chi connectivity index (χ3v) is 5.38. The molecule has 3 rings (SSSR count). The van der Waals surface area contributed by atoms with Crippen molar-refractivity contribution in [3.05, 3.63) is 47.3 Å². The summed E-state index contributed by atoms with van der Waals surface area (Å²) in [6.45, 7) is 4.48. The third-order valence-electron chi connectivity index (χ3n) is 4.28. The number of carbonyl (C=O) groups is 2. The lowest BCUT2D eigenvalue weighted by atomic mass is 10.1. The smallest absolute Gasteiger partial charge is 0.305 e. The zero-order valence-electron chi connectivity index (χ0n) is 14.3. The van der Waals surface area contributed by atoms with Gasteiger partial charge in [-0.15, -0.1) is 0 Å². The molecular weight excluding hydrogens is 338 g/mol. The Labute approximate surface area is 150 Å². The van der Waals surface area contributed by atoms with Gasteiger partial charge >= 0.3 is 5.97 Å². The molecule has 0 bridgehead atoms. The Hall–Kier alpha value is -2.28. The van der Waals surface area contributed by atoms with Crippen LogP contribution in [0.3, 0.4) is 0 Å². The summed E-state index contributed by atoms with van der Waals surface area (Å²) < 4.78 is 1.75. The fraction of sp³-hybridized carbons (Fsp3) is 0.389. The normalized spacial score (nSPS) is 17.5. The number of hydrogen-bond donors (Lipinski definition) is 1.